The molecular formula is C20H34IN5O2. The molecule has 2 aliphatic heterocycles. The van der Waals surface area contributed by atoms with Crippen molar-refractivity contribution in [2.75, 3.05) is 66.7 Å². The van der Waals surface area contributed by atoms with E-state index in [2.05, 4.69) is 51.5 Å². The minimum absolute atomic E-state index is 0. The molecule has 0 radical (unpaired) electrons. The number of fused-ring (bicyclic) bond motifs is 1. The Balaban J connectivity index is 0.00000280. The van der Waals surface area contributed by atoms with Gasteiger partial charge >= 0.3 is 0 Å². The topological polar surface area (TPSA) is 61.4 Å². The maximum absolute atomic E-state index is 5.44. The Bertz CT molecular complexity index is 635. The lowest BCUT2D eigenvalue weighted by molar-refractivity contribution is 0.139. The third-order valence-corrected chi connectivity index (χ3v) is 5.15. The summed E-state index contributed by atoms with van der Waals surface area (Å²) in [5.41, 5.74) is 1.23. The minimum atomic E-state index is 0. The summed E-state index contributed by atoms with van der Waals surface area (Å²) in [4.78, 5) is 9.29. The zero-order valence-corrected chi connectivity index (χ0v) is 19.6. The van der Waals surface area contributed by atoms with Gasteiger partial charge in [-0.15, -0.1) is 24.0 Å². The van der Waals surface area contributed by atoms with E-state index in [0.29, 0.717) is 12.7 Å². The van der Waals surface area contributed by atoms with Gasteiger partial charge in [-0.3, -0.25) is 4.99 Å². The quantitative estimate of drug-likeness (QED) is 0.335. The minimum Gasteiger partial charge on any atom is -0.454 e. The van der Waals surface area contributed by atoms with Gasteiger partial charge in [0, 0.05) is 52.9 Å². The summed E-state index contributed by atoms with van der Waals surface area (Å²) < 4.78 is 10.8. The number of hydrogen-bond acceptors (Lipinski definition) is 5. The molecule has 2 N–H and O–H groups in total. The normalized spacial score (nSPS) is 18.5. The van der Waals surface area contributed by atoms with Crippen LogP contribution in [0.25, 0.3) is 0 Å². The van der Waals surface area contributed by atoms with E-state index in [1.807, 2.05) is 13.1 Å². The van der Waals surface area contributed by atoms with Crippen molar-refractivity contribution >= 4 is 29.9 Å². The predicted molar refractivity (Wildman–Crippen MR) is 124 cm³/mol. The van der Waals surface area contributed by atoms with Crippen LogP contribution in [0.5, 0.6) is 11.5 Å². The van der Waals surface area contributed by atoms with Gasteiger partial charge in [0.2, 0.25) is 6.79 Å². The number of piperazine rings is 1. The average molecular weight is 503 g/mol. The largest absolute Gasteiger partial charge is 0.454 e. The summed E-state index contributed by atoms with van der Waals surface area (Å²) in [5, 5.41) is 6.85. The van der Waals surface area contributed by atoms with E-state index in [0.717, 1.165) is 43.5 Å². The Morgan fingerprint density at radius 3 is 2.64 bits per heavy atom. The Hall–Kier alpha value is -1.26. The average Bonchev–Trinajstić information content (AvgIpc) is 3.14. The second-order valence-corrected chi connectivity index (χ2v) is 7.53. The lowest BCUT2D eigenvalue weighted by Crippen LogP contribution is -2.47. The van der Waals surface area contributed by atoms with Crippen LogP contribution in [0.1, 0.15) is 12.5 Å². The number of aliphatic imine (C=N–C) groups is 1. The van der Waals surface area contributed by atoms with Crippen LogP contribution < -0.4 is 20.1 Å². The molecule has 3 rings (SSSR count). The Morgan fingerprint density at radius 2 is 1.89 bits per heavy atom. The van der Waals surface area contributed by atoms with E-state index in [1.54, 1.807) is 0 Å². The fourth-order valence-corrected chi connectivity index (χ4v) is 3.45. The zero-order valence-electron chi connectivity index (χ0n) is 17.2. The van der Waals surface area contributed by atoms with E-state index in [4.69, 9.17) is 9.47 Å². The Morgan fingerprint density at radius 1 is 1.14 bits per heavy atom. The summed E-state index contributed by atoms with van der Waals surface area (Å²) in [6, 6.07) is 6.12. The number of guanidine groups is 1. The third-order valence-electron chi connectivity index (χ3n) is 5.15. The highest BCUT2D eigenvalue weighted by Gasteiger charge is 2.16. The number of nitrogens with zero attached hydrogens (tertiary/aromatic N) is 3. The van der Waals surface area contributed by atoms with Crippen molar-refractivity contribution < 1.29 is 9.47 Å². The van der Waals surface area contributed by atoms with Gasteiger partial charge in [-0.05, 0) is 37.1 Å². The van der Waals surface area contributed by atoms with Gasteiger partial charge in [0.05, 0.1) is 0 Å². The van der Waals surface area contributed by atoms with Crippen LogP contribution in [-0.4, -0.2) is 82.5 Å². The van der Waals surface area contributed by atoms with E-state index < -0.39 is 0 Å². The first kappa shape index (κ1) is 23.0. The second-order valence-electron chi connectivity index (χ2n) is 7.53. The number of likely N-dealkylation sites (N-methyl/N-ethyl adjacent to an activating group) is 1. The van der Waals surface area contributed by atoms with Crippen molar-refractivity contribution in [3.63, 3.8) is 0 Å². The highest BCUT2D eigenvalue weighted by atomic mass is 127. The lowest BCUT2D eigenvalue weighted by Gasteiger charge is -2.34. The van der Waals surface area contributed by atoms with E-state index in [1.165, 1.54) is 31.7 Å². The fourth-order valence-electron chi connectivity index (χ4n) is 3.45. The smallest absolute Gasteiger partial charge is 0.231 e. The molecule has 1 aromatic rings. The van der Waals surface area contributed by atoms with Gasteiger partial charge < -0.3 is 29.9 Å². The summed E-state index contributed by atoms with van der Waals surface area (Å²) >= 11 is 0. The molecule has 1 fully saturated rings. The highest BCUT2D eigenvalue weighted by Crippen LogP contribution is 2.32. The molecule has 0 bridgehead atoms. The van der Waals surface area contributed by atoms with Crippen molar-refractivity contribution in [1.29, 1.82) is 0 Å². The molecule has 1 aromatic carbocycles. The van der Waals surface area contributed by atoms with Crippen molar-refractivity contribution in [2.24, 2.45) is 10.9 Å². The lowest BCUT2D eigenvalue weighted by atomic mass is 10.1. The highest BCUT2D eigenvalue weighted by molar-refractivity contribution is 14.0. The van der Waals surface area contributed by atoms with Crippen molar-refractivity contribution in [3.05, 3.63) is 23.8 Å². The summed E-state index contributed by atoms with van der Waals surface area (Å²) in [6.07, 6.45) is 0.911. The molecule has 8 heteroatoms. The van der Waals surface area contributed by atoms with Crippen LogP contribution in [-0.2, 0) is 6.42 Å². The van der Waals surface area contributed by atoms with Gasteiger partial charge in [-0.1, -0.05) is 13.0 Å². The number of halogens is 1. The Labute approximate surface area is 185 Å². The molecule has 1 atom stereocenters. The monoisotopic (exact) mass is 503 g/mol. The standard InChI is InChI=1S/C20H33N5O2.HI/c1-16(14-25-10-8-24(3)9-11-25)13-23-20(21-2)22-7-6-17-4-5-18-19(12-17)27-15-26-18;/h4-5,12,16H,6-11,13-15H2,1-3H3,(H2,21,22,23);1H. The number of nitrogens with one attached hydrogen (secondary N) is 2. The molecule has 7 nitrogen and oxygen atoms in total. The van der Waals surface area contributed by atoms with Crippen LogP contribution in [0, 0.1) is 5.92 Å². The molecule has 2 heterocycles. The first-order valence-corrected chi connectivity index (χ1v) is 9.88. The van der Waals surface area contributed by atoms with Gasteiger partial charge in [0.15, 0.2) is 17.5 Å². The van der Waals surface area contributed by atoms with Crippen molar-refractivity contribution in [2.45, 2.75) is 13.3 Å². The Kier molecular flexibility index (Phi) is 9.60. The molecule has 0 aliphatic carbocycles. The molecule has 0 aromatic heterocycles. The number of ether oxygens (including phenoxy) is 2. The molecular weight excluding hydrogens is 469 g/mol. The zero-order chi connectivity index (χ0) is 19.1. The van der Waals surface area contributed by atoms with Gasteiger partial charge in [-0.25, -0.2) is 0 Å². The summed E-state index contributed by atoms with van der Waals surface area (Å²) in [5.74, 6) is 3.12. The maximum atomic E-state index is 5.44. The predicted octanol–water partition coefficient (Wildman–Crippen LogP) is 1.62. The molecule has 2 aliphatic rings. The number of rotatable bonds is 7. The third kappa shape index (κ3) is 6.97. The molecule has 0 amide bonds. The van der Waals surface area contributed by atoms with Crippen molar-refractivity contribution in [3.8, 4) is 11.5 Å². The van der Waals surface area contributed by atoms with Gasteiger partial charge in [-0.2, -0.15) is 0 Å². The van der Waals surface area contributed by atoms with Crippen molar-refractivity contribution in [1.82, 2.24) is 20.4 Å². The van der Waals surface area contributed by atoms with Crippen LogP contribution in [0.15, 0.2) is 23.2 Å². The molecule has 1 unspecified atom stereocenters. The van der Waals surface area contributed by atoms with Crippen LogP contribution >= 0.6 is 24.0 Å². The van der Waals surface area contributed by atoms with E-state index >= 15 is 0 Å². The van der Waals surface area contributed by atoms with Gasteiger partial charge in [0.1, 0.15) is 0 Å². The summed E-state index contributed by atoms with van der Waals surface area (Å²) in [6.45, 7) is 10.2. The SMILES string of the molecule is CN=C(NCCc1ccc2c(c1)OCO2)NCC(C)CN1CCN(C)CC1.I. The summed E-state index contributed by atoms with van der Waals surface area (Å²) in [7, 11) is 4.02. The molecule has 1 saturated heterocycles. The molecule has 28 heavy (non-hydrogen) atoms. The van der Waals surface area contributed by atoms with Crippen LogP contribution in [0.2, 0.25) is 0 Å². The van der Waals surface area contributed by atoms with E-state index in [-0.39, 0.29) is 24.0 Å². The van der Waals surface area contributed by atoms with Crippen LogP contribution in [0.4, 0.5) is 0 Å². The number of benzene rings is 1. The first-order valence-electron chi connectivity index (χ1n) is 9.88. The van der Waals surface area contributed by atoms with Crippen LogP contribution in [0.3, 0.4) is 0 Å². The fraction of sp³-hybridized carbons (Fsp3) is 0.650. The maximum Gasteiger partial charge on any atom is 0.231 e. The van der Waals surface area contributed by atoms with Gasteiger partial charge in [0.25, 0.3) is 0 Å². The molecule has 158 valence electrons. The molecule has 0 spiro atoms. The second kappa shape index (κ2) is 11.7. The molecule has 0 saturated carbocycles. The van der Waals surface area contributed by atoms with E-state index in [9.17, 15) is 0 Å². The number of hydrogen-bond donors (Lipinski definition) is 2. The first-order chi connectivity index (χ1) is 13.1.